The number of likely N-dealkylation sites (tertiary alicyclic amines) is 1. The second-order valence-corrected chi connectivity index (χ2v) is 7.86. The molecular formula is C20H24F3N3OS. The lowest BCUT2D eigenvalue weighted by molar-refractivity contribution is -0.161. The van der Waals surface area contributed by atoms with Crippen LogP contribution in [-0.2, 0) is 11.2 Å². The number of halogens is 3. The number of amides is 1. The van der Waals surface area contributed by atoms with Crippen LogP contribution < -0.4 is 5.32 Å². The van der Waals surface area contributed by atoms with Crippen LogP contribution in [0.1, 0.15) is 43.4 Å². The Hall–Kier alpha value is -2.09. The molecule has 0 spiro atoms. The van der Waals surface area contributed by atoms with Crippen LogP contribution in [0.15, 0.2) is 35.7 Å². The van der Waals surface area contributed by atoms with Crippen LogP contribution in [0.3, 0.4) is 0 Å². The molecule has 1 N–H and O–H groups in total. The van der Waals surface area contributed by atoms with Gasteiger partial charge in [-0.05, 0) is 24.8 Å². The minimum absolute atomic E-state index is 0.135. The molecule has 1 fully saturated rings. The van der Waals surface area contributed by atoms with Gasteiger partial charge in [0.15, 0.2) is 5.13 Å². The van der Waals surface area contributed by atoms with Crippen molar-refractivity contribution >= 4 is 22.4 Å². The first-order valence-electron chi connectivity index (χ1n) is 9.47. The first-order chi connectivity index (χ1) is 13.4. The summed E-state index contributed by atoms with van der Waals surface area (Å²) in [5.74, 6) is -2.20. The minimum Gasteiger partial charge on any atom is -0.359 e. The van der Waals surface area contributed by atoms with E-state index in [4.69, 9.17) is 0 Å². The molecule has 0 saturated carbocycles. The van der Waals surface area contributed by atoms with Crippen LogP contribution in [0.5, 0.6) is 0 Å². The Balaban J connectivity index is 1.55. The van der Waals surface area contributed by atoms with Gasteiger partial charge in [-0.1, -0.05) is 37.3 Å². The fourth-order valence-electron chi connectivity index (χ4n) is 3.40. The molecular weight excluding hydrogens is 387 g/mol. The molecule has 1 atom stereocenters. The highest BCUT2D eigenvalue weighted by Crippen LogP contribution is 2.38. The minimum atomic E-state index is -4.45. The largest absolute Gasteiger partial charge is 0.396 e. The van der Waals surface area contributed by atoms with Crippen molar-refractivity contribution in [1.29, 1.82) is 0 Å². The number of nitrogens with one attached hydrogen (secondary N) is 1. The molecule has 0 bridgehead atoms. The number of hydrogen-bond donors (Lipinski definition) is 1. The number of carbonyl (C=O) groups is 1. The maximum Gasteiger partial charge on any atom is 0.396 e. The summed E-state index contributed by atoms with van der Waals surface area (Å²) in [6.07, 6.45) is -2.70. The maximum atomic E-state index is 13.5. The van der Waals surface area contributed by atoms with Crippen LogP contribution in [0.4, 0.5) is 18.3 Å². The molecule has 0 radical (unpaired) electrons. The number of carbonyl (C=O) groups excluding carboxylic acids is 1. The lowest BCUT2D eigenvalue weighted by Crippen LogP contribution is -2.43. The van der Waals surface area contributed by atoms with Gasteiger partial charge in [-0.2, -0.15) is 13.2 Å². The normalized spacial score (nSPS) is 16.8. The number of piperidine rings is 1. The van der Waals surface area contributed by atoms with Crippen molar-refractivity contribution in [2.45, 2.75) is 50.7 Å². The molecule has 0 unspecified atom stereocenters. The van der Waals surface area contributed by atoms with E-state index in [1.54, 1.807) is 34.4 Å². The van der Waals surface area contributed by atoms with Gasteiger partial charge in [-0.25, -0.2) is 4.98 Å². The number of thiazole rings is 1. The lowest BCUT2D eigenvalue weighted by Gasteiger charge is -2.33. The van der Waals surface area contributed by atoms with E-state index in [-0.39, 0.29) is 11.6 Å². The molecule has 2 aromatic rings. The van der Waals surface area contributed by atoms with E-state index >= 15 is 0 Å². The number of alkyl halides is 3. The molecule has 3 rings (SSSR count). The first-order valence-corrected chi connectivity index (χ1v) is 10.3. The van der Waals surface area contributed by atoms with Crippen molar-refractivity contribution in [2.75, 3.05) is 18.4 Å². The zero-order valence-corrected chi connectivity index (χ0v) is 16.5. The van der Waals surface area contributed by atoms with Crippen LogP contribution in [0.2, 0.25) is 0 Å². The van der Waals surface area contributed by atoms with Crippen molar-refractivity contribution in [3.8, 4) is 0 Å². The van der Waals surface area contributed by atoms with Crippen LogP contribution in [0, 0.1) is 0 Å². The second-order valence-electron chi connectivity index (χ2n) is 7.01. The Morgan fingerprint density at radius 1 is 1.29 bits per heavy atom. The van der Waals surface area contributed by atoms with E-state index < -0.39 is 24.4 Å². The van der Waals surface area contributed by atoms with Gasteiger partial charge in [0.05, 0.1) is 11.6 Å². The quantitative estimate of drug-likeness (QED) is 0.740. The summed E-state index contributed by atoms with van der Waals surface area (Å²) in [4.78, 5) is 18.6. The molecule has 1 aliphatic rings. The summed E-state index contributed by atoms with van der Waals surface area (Å²) in [5.41, 5.74) is 1.18. The highest BCUT2D eigenvalue weighted by molar-refractivity contribution is 7.13. The monoisotopic (exact) mass is 411 g/mol. The average molecular weight is 411 g/mol. The third kappa shape index (κ3) is 5.25. The van der Waals surface area contributed by atoms with Gasteiger partial charge >= 0.3 is 6.18 Å². The van der Waals surface area contributed by atoms with E-state index in [0.717, 1.165) is 17.2 Å². The lowest BCUT2D eigenvalue weighted by atomic mass is 9.94. The second kappa shape index (κ2) is 8.94. The van der Waals surface area contributed by atoms with Gasteiger partial charge in [0.25, 0.3) is 0 Å². The molecule has 1 saturated heterocycles. The third-order valence-electron chi connectivity index (χ3n) is 5.07. The van der Waals surface area contributed by atoms with Gasteiger partial charge < -0.3 is 10.2 Å². The van der Waals surface area contributed by atoms with Gasteiger partial charge in [0, 0.05) is 30.9 Å². The molecule has 1 aromatic heterocycles. The summed E-state index contributed by atoms with van der Waals surface area (Å²) < 4.78 is 40.4. The Bertz CT molecular complexity index is 771. The topological polar surface area (TPSA) is 45.2 Å². The fourth-order valence-corrected chi connectivity index (χ4v) is 4.27. The molecule has 1 amide bonds. The molecule has 28 heavy (non-hydrogen) atoms. The van der Waals surface area contributed by atoms with Crippen LogP contribution in [0.25, 0.3) is 0 Å². The SMILES string of the molecule is CCc1csc(NC2CCN(C(=O)C[C@@H](c3ccccc3)C(F)(F)F)CC2)n1. The smallest absolute Gasteiger partial charge is 0.359 e. The first kappa shape index (κ1) is 20.6. The third-order valence-corrected chi connectivity index (χ3v) is 5.89. The Morgan fingerprint density at radius 2 is 1.96 bits per heavy atom. The molecule has 1 aromatic carbocycles. The molecule has 152 valence electrons. The number of rotatable bonds is 6. The van der Waals surface area contributed by atoms with E-state index in [2.05, 4.69) is 10.3 Å². The van der Waals surface area contributed by atoms with Gasteiger partial charge in [0.2, 0.25) is 5.91 Å². The van der Waals surface area contributed by atoms with Crippen molar-refractivity contribution < 1.29 is 18.0 Å². The van der Waals surface area contributed by atoms with E-state index in [9.17, 15) is 18.0 Å². The molecule has 0 aliphatic carbocycles. The van der Waals surface area contributed by atoms with Gasteiger partial charge in [-0.15, -0.1) is 11.3 Å². The Kier molecular flexibility index (Phi) is 6.59. The predicted molar refractivity (Wildman–Crippen MR) is 105 cm³/mol. The summed E-state index contributed by atoms with van der Waals surface area (Å²) >= 11 is 1.56. The average Bonchev–Trinajstić information content (AvgIpc) is 3.14. The number of benzene rings is 1. The zero-order chi connectivity index (χ0) is 20.1. The number of hydrogen-bond acceptors (Lipinski definition) is 4. The Labute approximate surface area is 166 Å². The standard InChI is InChI=1S/C20H24F3N3OS/c1-2-15-13-28-19(24-15)25-16-8-10-26(11-9-16)18(27)12-17(20(21,22)23)14-6-4-3-5-7-14/h3-7,13,16-17H,2,8-12H2,1H3,(H,24,25)/t17-/m0/s1. The summed E-state index contributed by atoms with van der Waals surface area (Å²) in [7, 11) is 0. The molecule has 2 heterocycles. The Morgan fingerprint density at radius 3 is 2.54 bits per heavy atom. The predicted octanol–water partition coefficient (Wildman–Crippen LogP) is 4.84. The van der Waals surface area contributed by atoms with Gasteiger partial charge in [-0.3, -0.25) is 4.79 Å². The van der Waals surface area contributed by atoms with Gasteiger partial charge in [0.1, 0.15) is 0 Å². The van der Waals surface area contributed by atoms with Crippen LogP contribution in [-0.4, -0.2) is 41.1 Å². The molecule has 1 aliphatic heterocycles. The highest BCUT2D eigenvalue weighted by Gasteiger charge is 2.42. The molecule has 8 heteroatoms. The number of aromatic nitrogens is 1. The van der Waals surface area contributed by atoms with E-state index in [0.29, 0.717) is 25.9 Å². The summed E-state index contributed by atoms with van der Waals surface area (Å²) in [6, 6.07) is 7.85. The van der Waals surface area contributed by atoms with E-state index in [1.165, 1.54) is 12.1 Å². The van der Waals surface area contributed by atoms with E-state index in [1.807, 2.05) is 12.3 Å². The number of anilines is 1. The number of nitrogens with zero attached hydrogens (tertiary/aromatic N) is 2. The fraction of sp³-hybridized carbons (Fsp3) is 0.500. The molecule has 4 nitrogen and oxygen atoms in total. The van der Waals surface area contributed by atoms with Crippen molar-refractivity contribution in [1.82, 2.24) is 9.88 Å². The number of aryl methyl sites for hydroxylation is 1. The van der Waals surface area contributed by atoms with Crippen molar-refractivity contribution in [3.05, 3.63) is 47.0 Å². The van der Waals surface area contributed by atoms with Crippen LogP contribution >= 0.6 is 11.3 Å². The van der Waals surface area contributed by atoms with Crippen molar-refractivity contribution in [3.63, 3.8) is 0 Å². The maximum absolute atomic E-state index is 13.5. The summed E-state index contributed by atoms with van der Waals surface area (Å²) in [5, 5.41) is 6.25. The summed E-state index contributed by atoms with van der Waals surface area (Å²) in [6.45, 7) is 2.97. The van der Waals surface area contributed by atoms with Crippen molar-refractivity contribution in [2.24, 2.45) is 0 Å². The highest BCUT2D eigenvalue weighted by atomic mass is 32.1. The zero-order valence-electron chi connectivity index (χ0n) is 15.7.